The molecule has 0 radical (unpaired) electrons. The van der Waals surface area contributed by atoms with Crippen LogP contribution in [-0.2, 0) is 10.0 Å². The Balaban J connectivity index is 2.51. The monoisotopic (exact) mass is 261 g/mol. The lowest BCUT2D eigenvalue weighted by molar-refractivity contribution is 0.584. The third-order valence-corrected chi connectivity index (χ3v) is 3.51. The smallest absolute Gasteiger partial charge is 0.213 e. The van der Waals surface area contributed by atoms with Gasteiger partial charge in [-0.1, -0.05) is 6.92 Å². The third-order valence-electron chi connectivity index (χ3n) is 2.04. The molecule has 17 heavy (non-hydrogen) atoms. The van der Waals surface area contributed by atoms with E-state index in [0.29, 0.717) is 12.2 Å². The topological polar surface area (TPSA) is 84.2 Å². The van der Waals surface area contributed by atoms with E-state index < -0.39 is 15.8 Å². The highest BCUT2D eigenvalue weighted by atomic mass is 32.2. The molecular formula is C10H16FN3O2S. The van der Waals surface area contributed by atoms with Crippen LogP contribution in [0.5, 0.6) is 0 Å². The van der Waals surface area contributed by atoms with Gasteiger partial charge in [0.1, 0.15) is 5.82 Å². The van der Waals surface area contributed by atoms with Crippen molar-refractivity contribution in [3.63, 3.8) is 0 Å². The number of benzene rings is 1. The molecular weight excluding hydrogens is 245 g/mol. The quantitative estimate of drug-likeness (QED) is 0.660. The number of hydrogen-bond donors (Lipinski definition) is 3. The van der Waals surface area contributed by atoms with Crippen LogP contribution in [0.4, 0.5) is 15.8 Å². The van der Waals surface area contributed by atoms with Gasteiger partial charge in [-0.2, -0.15) is 0 Å². The van der Waals surface area contributed by atoms with Crippen molar-refractivity contribution in [1.82, 2.24) is 4.72 Å². The maximum atomic E-state index is 13.3. The van der Waals surface area contributed by atoms with Gasteiger partial charge >= 0.3 is 0 Å². The minimum Gasteiger partial charge on any atom is -0.399 e. The van der Waals surface area contributed by atoms with E-state index in [-0.39, 0.29) is 18.0 Å². The molecule has 0 aliphatic heterocycles. The number of hydrogen-bond acceptors (Lipinski definition) is 4. The number of rotatable bonds is 6. The van der Waals surface area contributed by atoms with Gasteiger partial charge in [-0.15, -0.1) is 0 Å². The van der Waals surface area contributed by atoms with Crippen LogP contribution in [0.3, 0.4) is 0 Å². The summed E-state index contributed by atoms with van der Waals surface area (Å²) in [6.45, 7) is 2.18. The Morgan fingerprint density at radius 3 is 2.71 bits per heavy atom. The zero-order valence-corrected chi connectivity index (χ0v) is 10.3. The summed E-state index contributed by atoms with van der Waals surface area (Å²) in [5.41, 5.74) is 5.96. The fourth-order valence-corrected chi connectivity index (χ4v) is 2.24. The van der Waals surface area contributed by atoms with E-state index in [4.69, 9.17) is 5.73 Å². The highest BCUT2D eigenvalue weighted by Crippen LogP contribution is 2.16. The molecule has 0 saturated carbocycles. The molecule has 5 nitrogen and oxygen atoms in total. The number of nitrogen functional groups attached to an aromatic ring is 1. The van der Waals surface area contributed by atoms with E-state index >= 15 is 0 Å². The largest absolute Gasteiger partial charge is 0.399 e. The Hall–Kier alpha value is -1.34. The second-order valence-electron chi connectivity index (χ2n) is 3.48. The minimum atomic E-state index is -3.28. The lowest BCUT2D eigenvalue weighted by atomic mass is 10.2. The zero-order valence-electron chi connectivity index (χ0n) is 9.53. The zero-order chi connectivity index (χ0) is 12.9. The predicted molar refractivity (Wildman–Crippen MR) is 66.8 cm³/mol. The molecule has 0 heterocycles. The van der Waals surface area contributed by atoms with Gasteiger partial charge in [0.25, 0.3) is 0 Å². The molecule has 0 aliphatic carbocycles. The molecule has 0 fully saturated rings. The molecule has 4 N–H and O–H groups in total. The average molecular weight is 261 g/mol. The van der Waals surface area contributed by atoms with Gasteiger partial charge in [0.2, 0.25) is 10.0 Å². The molecule has 1 aromatic carbocycles. The van der Waals surface area contributed by atoms with E-state index in [1.54, 1.807) is 13.0 Å². The molecule has 0 aromatic heterocycles. The maximum Gasteiger partial charge on any atom is 0.213 e. The summed E-state index contributed by atoms with van der Waals surface area (Å²) >= 11 is 0. The van der Waals surface area contributed by atoms with E-state index in [2.05, 4.69) is 10.0 Å². The van der Waals surface area contributed by atoms with Crippen LogP contribution in [0, 0.1) is 5.82 Å². The highest BCUT2D eigenvalue weighted by Gasteiger charge is 2.08. The van der Waals surface area contributed by atoms with Gasteiger partial charge < -0.3 is 11.1 Å². The van der Waals surface area contributed by atoms with E-state index in [9.17, 15) is 12.8 Å². The molecule has 1 aromatic rings. The first-order valence-electron chi connectivity index (χ1n) is 5.21. The molecule has 0 bridgehead atoms. The number of sulfonamides is 1. The first-order chi connectivity index (χ1) is 7.94. The fourth-order valence-electron chi connectivity index (χ4n) is 1.29. The van der Waals surface area contributed by atoms with Crippen LogP contribution in [0.1, 0.15) is 6.92 Å². The van der Waals surface area contributed by atoms with Crippen molar-refractivity contribution in [2.45, 2.75) is 6.92 Å². The Morgan fingerprint density at radius 1 is 1.41 bits per heavy atom. The van der Waals surface area contributed by atoms with Gasteiger partial charge in [0.15, 0.2) is 0 Å². The first-order valence-corrected chi connectivity index (χ1v) is 6.86. The molecule has 0 unspecified atom stereocenters. The number of anilines is 2. The summed E-state index contributed by atoms with van der Waals surface area (Å²) in [5.74, 6) is -0.601. The van der Waals surface area contributed by atoms with Gasteiger partial charge in [0.05, 0.1) is 11.4 Å². The maximum absolute atomic E-state index is 13.3. The van der Waals surface area contributed by atoms with Crippen molar-refractivity contribution in [3.8, 4) is 0 Å². The van der Waals surface area contributed by atoms with Crippen molar-refractivity contribution in [1.29, 1.82) is 0 Å². The van der Waals surface area contributed by atoms with Crippen LogP contribution >= 0.6 is 0 Å². The van der Waals surface area contributed by atoms with Crippen molar-refractivity contribution >= 4 is 21.4 Å². The van der Waals surface area contributed by atoms with Crippen molar-refractivity contribution in [3.05, 3.63) is 24.0 Å². The van der Waals surface area contributed by atoms with E-state index in [1.165, 1.54) is 12.1 Å². The second kappa shape index (κ2) is 5.83. The second-order valence-corrected chi connectivity index (χ2v) is 5.41. The van der Waals surface area contributed by atoms with Gasteiger partial charge in [-0.3, -0.25) is 0 Å². The lowest BCUT2D eigenvalue weighted by Gasteiger charge is -2.08. The van der Waals surface area contributed by atoms with Crippen LogP contribution < -0.4 is 15.8 Å². The Bertz CT molecular complexity index is 476. The Kier molecular flexibility index (Phi) is 4.71. The summed E-state index contributed by atoms with van der Waals surface area (Å²) in [7, 11) is -3.28. The van der Waals surface area contributed by atoms with Crippen LogP contribution in [-0.4, -0.2) is 27.3 Å². The lowest BCUT2D eigenvalue weighted by Crippen LogP contribution is -2.29. The minimum absolute atomic E-state index is 0.106. The number of nitrogens with one attached hydrogen (secondary N) is 2. The van der Waals surface area contributed by atoms with E-state index in [1.807, 2.05) is 0 Å². The highest BCUT2D eigenvalue weighted by molar-refractivity contribution is 7.89. The van der Waals surface area contributed by atoms with Gasteiger partial charge in [-0.25, -0.2) is 17.5 Å². The SMILES string of the molecule is CCNS(=O)(=O)CCNc1ccc(N)cc1F. The number of nitrogens with two attached hydrogens (primary N) is 1. The third kappa shape index (κ3) is 4.58. The van der Waals surface area contributed by atoms with E-state index in [0.717, 1.165) is 0 Å². The fraction of sp³-hybridized carbons (Fsp3) is 0.400. The predicted octanol–water partition coefficient (Wildman–Crippen LogP) is 0.759. The molecule has 0 amide bonds. The molecule has 0 saturated heterocycles. The Labute approximate surface area is 100 Å². The van der Waals surface area contributed by atoms with Crippen molar-refractivity contribution < 1.29 is 12.8 Å². The van der Waals surface area contributed by atoms with Crippen LogP contribution in [0.25, 0.3) is 0 Å². The van der Waals surface area contributed by atoms with Crippen LogP contribution in [0.15, 0.2) is 18.2 Å². The molecule has 0 aliphatic rings. The summed E-state index contributed by atoms with van der Waals surface area (Å²) in [5, 5.41) is 2.70. The van der Waals surface area contributed by atoms with Crippen molar-refractivity contribution in [2.24, 2.45) is 0 Å². The van der Waals surface area contributed by atoms with Gasteiger partial charge in [-0.05, 0) is 18.2 Å². The Morgan fingerprint density at radius 2 is 2.12 bits per heavy atom. The van der Waals surface area contributed by atoms with Gasteiger partial charge in [0, 0.05) is 18.8 Å². The standard InChI is InChI=1S/C10H16FN3O2S/c1-2-14-17(15,16)6-5-13-10-4-3-8(12)7-9(10)11/h3-4,7,13-14H,2,5-6,12H2,1H3. The van der Waals surface area contributed by atoms with Crippen LogP contribution in [0.2, 0.25) is 0 Å². The molecule has 0 spiro atoms. The molecule has 0 atom stereocenters. The summed E-state index contributed by atoms with van der Waals surface area (Å²) in [6, 6.07) is 4.20. The first kappa shape index (κ1) is 13.7. The average Bonchev–Trinajstić information content (AvgIpc) is 2.21. The summed E-state index contributed by atoms with van der Waals surface area (Å²) in [6.07, 6.45) is 0. The van der Waals surface area contributed by atoms with Crippen molar-refractivity contribution in [2.75, 3.05) is 29.9 Å². The normalized spacial score (nSPS) is 11.4. The molecule has 7 heteroatoms. The number of halogens is 1. The summed E-state index contributed by atoms with van der Waals surface area (Å²) in [4.78, 5) is 0. The molecule has 96 valence electrons. The molecule has 1 rings (SSSR count). The summed E-state index contributed by atoms with van der Waals surface area (Å²) < 4.78 is 38.3.